The van der Waals surface area contributed by atoms with Crippen LogP contribution in [0.25, 0.3) is 0 Å². The topological polar surface area (TPSA) is 93.2 Å². The molecular formula is C17H22N4O3S. The van der Waals surface area contributed by atoms with Crippen molar-refractivity contribution in [2.75, 3.05) is 17.7 Å². The smallest absolute Gasteiger partial charge is 0.226 e. The third-order valence-electron chi connectivity index (χ3n) is 3.25. The molecule has 0 atom stereocenters. The molecule has 1 aromatic carbocycles. The van der Waals surface area contributed by atoms with Crippen LogP contribution in [-0.4, -0.2) is 29.1 Å². The molecule has 0 saturated heterocycles. The third kappa shape index (κ3) is 5.82. The summed E-state index contributed by atoms with van der Waals surface area (Å²) in [5, 5.41) is 14.7. The van der Waals surface area contributed by atoms with E-state index in [2.05, 4.69) is 20.8 Å². The summed E-state index contributed by atoms with van der Waals surface area (Å²) in [6.07, 6.45) is 0.147. The molecule has 1 aromatic heterocycles. The van der Waals surface area contributed by atoms with Gasteiger partial charge in [0.1, 0.15) is 10.8 Å². The molecule has 134 valence electrons. The first-order chi connectivity index (χ1) is 11.8. The zero-order chi connectivity index (χ0) is 18.4. The van der Waals surface area contributed by atoms with Crippen molar-refractivity contribution >= 4 is 34.0 Å². The summed E-state index contributed by atoms with van der Waals surface area (Å²) in [4.78, 5) is 23.9. The third-order valence-corrected chi connectivity index (χ3v) is 4.51. The van der Waals surface area contributed by atoms with Gasteiger partial charge in [-0.3, -0.25) is 9.59 Å². The fourth-order valence-corrected chi connectivity index (χ4v) is 2.73. The average molecular weight is 362 g/mol. The number of aromatic nitrogens is 2. The second-order valence-corrected chi connectivity index (χ2v) is 7.47. The summed E-state index contributed by atoms with van der Waals surface area (Å²) in [5.74, 6) is 0.148. The van der Waals surface area contributed by atoms with Gasteiger partial charge in [-0.2, -0.15) is 0 Å². The van der Waals surface area contributed by atoms with Crippen molar-refractivity contribution in [3.8, 4) is 5.75 Å². The number of benzene rings is 1. The van der Waals surface area contributed by atoms with Crippen LogP contribution < -0.4 is 15.4 Å². The van der Waals surface area contributed by atoms with Gasteiger partial charge in [-0.05, 0) is 12.1 Å². The zero-order valence-electron chi connectivity index (χ0n) is 14.8. The summed E-state index contributed by atoms with van der Waals surface area (Å²) in [6.45, 7) is 6.09. The molecule has 0 spiro atoms. The largest absolute Gasteiger partial charge is 0.497 e. The summed E-state index contributed by atoms with van der Waals surface area (Å²) >= 11 is 1.34. The van der Waals surface area contributed by atoms with Crippen LogP contribution >= 0.6 is 11.3 Å². The van der Waals surface area contributed by atoms with E-state index in [4.69, 9.17) is 4.74 Å². The molecule has 2 aromatic rings. The Bertz CT molecular complexity index is 752. The van der Waals surface area contributed by atoms with Gasteiger partial charge in [0.15, 0.2) is 0 Å². The predicted molar refractivity (Wildman–Crippen MR) is 98.1 cm³/mol. The highest BCUT2D eigenvalue weighted by molar-refractivity contribution is 7.15. The lowest BCUT2D eigenvalue weighted by atomic mass is 9.98. The zero-order valence-corrected chi connectivity index (χ0v) is 15.6. The van der Waals surface area contributed by atoms with Crippen molar-refractivity contribution < 1.29 is 14.3 Å². The van der Waals surface area contributed by atoms with E-state index in [0.717, 1.165) is 5.01 Å². The van der Waals surface area contributed by atoms with Crippen LogP contribution in [0.1, 0.15) is 38.6 Å². The SMILES string of the molecule is COc1cccc(NC(=O)CCC(=O)Nc2nnc(C(C)(C)C)s2)c1. The lowest BCUT2D eigenvalue weighted by Crippen LogP contribution is -2.17. The quantitative estimate of drug-likeness (QED) is 0.823. The van der Waals surface area contributed by atoms with E-state index in [9.17, 15) is 9.59 Å². The number of hydrogen-bond acceptors (Lipinski definition) is 6. The first-order valence-corrected chi connectivity index (χ1v) is 8.67. The van der Waals surface area contributed by atoms with Gasteiger partial charge in [0.05, 0.1) is 7.11 Å². The van der Waals surface area contributed by atoms with Crippen molar-refractivity contribution in [3.05, 3.63) is 29.3 Å². The van der Waals surface area contributed by atoms with Gasteiger partial charge < -0.3 is 15.4 Å². The molecule has 0 fully saturated rings. The molecule has 2 rings (SSSR count). The van der Waals surface area contributed by atoms with Gasteiger partial charge >= 0.3 is 0 Å². The second kappa shape index (κ2) is 8.06. The number of amides is 2. The maximum absolute atomic E-state index is 12.0. The molecule has 2 amide bonds. The molecule has 2 N–H and O–H groups in total. The minimum Gasteiger partial charge on any atom is -0.497 e. The number of methoxy groups -OCH3 is 1. The molecule has 1 heterocycles. The molecule has 0 aliphatic carbocycles. The second-order valence-electron chi connectivity index (χ2n) is 6.49. The number of nitrogens with one attached hydrogen (secondary N) is 2. The molecular weight excluding hydrogens is 340 g/mol. The summed E-state index contributed by atoms with van der Waals surface area (Å²) in [7, 11) is 1.56. The molecule has 0 unspecified atom stereocenters. The van der Waals surface area contributed by atoms with Gasteiger partial charge in [0, 0.05) is 30.0 Å². The van der Waals surface area contributed by atoms with Crippen molar-refractivity contribution in [1.82, 2.24) is 10.2 Å². The van der Waals surface area contributed by atoms with E-state index in [0.29, 0.717) is 16.6 Å². The van der Waals surface area contributed by atoms with Crippen molar-refractivity contribution in [1.29, 1.82) is 0 Å². The number of carbonyl (C=O) groups is 2. The van der Waals surface area contributed by atoms with Gasteiger partial charge in [0.25, 0.3) is 0 Å². The highest BCUT2D eigenvalue weighted by Gasteiger charge is 2.20. The monoisotopic (exact) mass is 362 g/mol. The van der Waals surface area contributed by atoms with Crippen LogP contribution in [0.3, 0.4) is 0 Å². The normalized spacial score (nSPS) is 11.0. The van der Waals surface area contributed by atoms with Gasteiger partial charge in [-0.1, -0.05) is 38.2 Å². The lowest BCUT2D eigenvalue weighted by Gasteiger charge is -2.12. The Balaban J connectivity index is 1.81. The molecule has 0 saturated carbocycles. The maximum atomic E-state index is 12.0. The first kappa shape index (κ1) is 18.9. The maximum Gasteiger partial charge on any atom is 0.226 e. The van der Waals surface area contributed by atoms with Crippen LogP contribution in [0.15, 0.2) is 24.3 Å². The van der Waals surface area contributed by atoms with E-state index >= 15 is 0 Å². The fraction of sp³-hybridized carbons (Fsp3) is 0.412. The Morgan fingerprint density at radius 1 is 1.12 bits per heavy atom. The molecule has 0 aliphatic heterocycles. The lowest BCUT2D eigenvalue weighted by molar-refractivity contribution is -0.121. The number of ether oxygens (including phenoxy) is 1. The Hall–Kier alpha value is -2.48. The van der Waals surface area contributed by atoms with Gasteiger partial charge in [-0.25, -0.2) is 0 Å². The number of carbonyl (C=O) groups excluding carboxylic acids is 2. The number of rotatable bonds is 6. The fourth-order valence-electron chi connectivity index (χ4n) is 1.91. The van der Waals surface area contributed by atoms with E-state index in [1.807, 2.05) is 20.8 Å². The molecule has 0 aliphatic rings. The highest BCUT2D eigenvalue weighted by atomic mass is 32.1. The minimum atomic E-state index is -0.266. The predicted octanol–water partition coefficient (Wildman–Crippen LogP) is 3.20. The summed E-state index contributed by atoms with van der Waals surface area (Å²) in [6, 6.07) is 7.05. The van der Waals surface area contributed by atoms with Crippen LogP contribution in [-0.2, 0) is 15.0 Å². The summed E-state index contributed by atoms with van der Waals surface area (Å²) < 4.78 is 5.10. The van der Waals surface area contributed by atoms with Gasteiger partial charge in [0.2, 0.25) is 16.9 Å². The van der Waals surface area contributed by atoms with Crippen molar-refractivity contribution in [2.45, 2.75) is 39.0 Å². The number of nitrogens with zero attached hydrogens (tertiary/aromatic N) is 2. The average Bonchev–Trinajstić information content (AvgIpc) is 3.02. The molecule has 0 bridgehead atoms. The minimum absolute atomic E-state index is 0.0697. The van der Waals surface area contributed by atoms with Crippen molar-refractivity contribution in [3.63, 3.8) is 0 Å². The molecule has 7 nitrogen and oxygen atoms in total. The van der Waals surface area contributed by atoms with E-state index in [-0.39, 0.29) is 30.1 Å². The highest BCUT2D eigenvalue weighted by Crippen LogP contribution is 2.27. The van der Waals surface area contributed by atoms with Crippen LogP contribution in [0, 0.1) is 0 Å². The van der Waals surface area contributed by atoms with Crippen LogP contribution in [0.4, 0.5) is 10.8 Å². The first-order valence-electron chi connectivity index (χ1n) is 7.85. The van der Waals surface area contributed by atoms with E-state index in [1.165, 1.54) is 11.3 Å². The van der Waals surface area contributed by atoms with Crippen LogP contribution in [0.5, 0.6) is 5.75 Å². The Morgan fingerprint density at radius 2 is 1.80 bits per heavy atom. The van der Waals surface area contributed by atoms with Crippen LogP contribution in [0.2, 0.25) is 0 Å². The Labute approximate surface area is 150 Å². The Morgan fingerprint density at radius 3 is 2.40 bits per heavy atom. The number of hydrogen-bond donors (Lipinski definition) is 2. The van der Waals surface area contributed by atoms with Crippen molar-refractivity contribution in [2.24, 2.45) is 0 Å². The summed E-state index contributed by atoms with van der Waals surface area (Å²) in [5.41, 5.74) is 0.515. The standard InChI is InChI=1S/C17H22N4O3S/c1-17(2,3)15-20-21-16(25-15)19-14(23)9-8-13(22)18-11-6-5-7-12(10-11)24-4/h5-7,10H,8-9H2,1-4H3,(H,18,22)(H,19,21,23). The molecule has 0 radical (unpaired) electrons. The molecule has 25 heavy (non-hydrogen) atoms. The van der Waals surface area contributed by atoms with E-state index in [1.54, 1.807) is 31.4 Å². The molecule has 8 heteroatoms. The number of anilines is 2. The van der Waals surface area contributed by atoms with E-state index < -0.39 is 0 Å². The Kier molecular flexibility index (Phi) is 6.08. The van der Waals surface area contributed by atoms with Gasteiger partial charge in [-0.15, -0.1) is 10.2 Å².